The monoisotopic (exact) mass is 494 g/mol. The average Bonchev–Trinajstić information content (AvgIpc) is 2.92. The number of carboxylic acid groups (broad SMARTS) is 1. The highest BCUT2D eigenvalue weighted by Gasteiger charge is 2.28. The minimum absolute atomic E-state index is 0.337. The molecule has 4 aromatic rings. The number of carboxylic acids is 1. The van der Waals surface area contributed by atoms with Crippen molar-refractivity contribution in [3.63, 3.8) is 0 Å². The lowest BCUT2D eigenvalue weighted by atomic mass is 9.92. The molecule has 0 fully saturated rings. The van der Waals surface area contributed by atoms with Crippen molar-refractivity contribution in [1.29, 1.82) is 0 Å². The van der Waals surface area contributed by atoms with Crippen molar-refractivity contribution in [2.24, 2.45) is 0 Å². The van der Waals surface area contributed by atoms with Gasteiger partial charge >= 0.3 is 5.97 Å². The van der Waals surface area contributed by atoms with Gasteiger partial charge in [0.1, 0.15) is 6.61 Å². The molecule has 2 heterocycles. The molecule has 0 amide bonds. The number of likely N-dealkylation sites (N-methyl/N-ethyl adjacent to an activating group) is 1. The Labute approximate surface area is 216 Å². The topological polar surface area (TPSA) is 71.9 Å². The van der Waals surface area contributed by atoms with Crippen LogP contribution in [0.25, 0.3) is 22.6 Å². The number of nitrogens with zero attached hydrogens (tertiary/aromatic N) is 2. The second-order valence-electron chi connectivity index (χ2n) is 9.02. The van der Waals surface area contributed by atoms with Gasteiger partial charge in [0.2, 0.25) is 0 Å². The zero-order chi connectivity index (χ0) is 25.8. The van der Waals surface area contributed by atoms with E-state index in [4.69, 9.17) is 14.5 Å². The molecule has 0 aliphatic carbocycles. The normalized spacial score (nSPS) is 14.5. The number of para-hydroxylation sites is 1. The fraction of sp³-hybridized carbons (Fsp3) is 0.226. The van der Waals surface area contributed by atoms with Gasteiger partial charge < -0.3 is 14.6 Å². The molecule has 1 aliphatic rings. The van der Waals surface area contributed by atoms with E-state index in [9.17, 15) is 9.90 Å². The summed E-state index contributed by atoms with van der Waals surface area (Å²) in [7, 11) is 0. The van der Waals surface area contributed by atoms with Gasteiger partial charge in [0.05, 0.1) is 23.4 Å². The Morgan fingerprint density at radius 1 is 0.973 bits per heavy atom. The summed E-state index contributed by atoms with van der Waals surface area (Å²) in [5.74, 6) is 0.434. The highest BCUT2D eigenvalue weighted by atomic mass is 16.5. The Hall–Kier alpha value is -4.16. The summed E-state index contributed by atoms with van der Waals surface area (Å²) in [5, 5.41) is 10.8. The van der Waals surface area contributed by atoms with E-state index in [1.54, 1.807) is 0 Å². The number of fused-ring (bicyclic) bond motifs is 2. The number of ether oxygens (including phenoxy) is 2. The third kappa shape index (κ3) is 5.20. The molecular formula is C31H30N2O4. The molecule has 0 unspecified atom stereocenters. The van der Waals surface area contributed by atoms with E-state index >= 15 is 0 Å². The lowest BCUT2D eigenvalue weighted by Crippen LogP contribution is -2.31. The summed E-state index contributed by atoms with van der Waals surface area (Å²) < 4.78 is 12.0. The first-order chi connectivity index (χ1) is 18.1. The van der Waals surface area contributed by atoms with Crippen LogP contribution in [0.4, 0.5) is 0 Å². The molecule has 37 heavy (non-hydrogen) atoms. The largest absolute Gasteiger partial charge is 0.490 e. The number of rotatable bonds is 8. The fourth-order valence-electron chi connectivity index (χ4n) is 4.79. The van der Waals surface area contributed by atoms with Gasteiger partial charge in [0, 0.05) is 24.0 Å². The van der Waals surface area contributed by atoms with Crippen LogP contribution in [0.3, 0.4) is 0 Å². The Bertz CT molecular complexity index is 1460. The Kier molecular flexibility index (Phi) is 7.19. The molecule has 1 aromatic heterocycles. The number of benzene rings is 3. The van der Waals surface area contributed by atoms with Crippen LogP contribution in [0.2, 0.25) is 0 Å². The molecule has 1 N–H and O–H groups in total. The Balaban J connectivity index is 1.55. The summed E-state index contributed by atoms with van der Waals surface area (Å²) in [6, 6.07) is 23.4. The van der Waals surface area contributed by atoms with E-state index in [0.29, 0.717) is 54.3 Å². The molecule has 0 bridgehead atoms. The van der Waals surface area contributed by atoms with Crippen LogP contribution in [0.1, 0.15) is 46.6 Å². The van der Waals surface area contributed by atoms with E-state index in [-0.39, 0.29) is 0 Å². The van der Waals surface area contributed by atoms with Crippen LogP contribution in [0, 0.1) is 0 Å². The number of aromatic carboxylic acids is 1. The molecule has 6 heteroatoms. The molecule has 188 valence electrons. The van der Waals surface area contributed by atoms with Crippen LogP contribution in [0.15, 0.2) is 72.8 Å². The van der Waals surface area contributed by atoms with Crippen molar-refractivity contribution in [1.82, 2.24) is 9.88 Å². The molecular weight excluding hydrogens is 464 g/mol. The van der Waals surface area contributed by atoms with Crippen molar-refractivity contribution < 1.29 is 19.4 Å². The van der Waals surface area contributed by atoms with Crippen molar-refractivity contribution in [2.45, 2.75) is 27.0 Å². The summed E-state index contributed by atoms with van der Waals surface area (Å²) in [6.45, 7) is 7.05. The van der Waals surface area contributed by atoms with Crippen molar-refractivity contribution in [2.75, 3.05) is 19.7 Å². The van der Waals surface area contributed by atoms with Crippen molar-refractivity contribution in [3.05, 3.63) is 101 Å². The Morgan fingerprint density at radius 2 is 1.76 bits per heavy atom. The highest BCUT2D eigenvalue weighted by Crippen LogP contribution is 2.35. The standard InChI is InChI=1S/C31H30N2O4/c1-3-33-18-23(30-25(19-33)29(31(34)35)24-12-8-9-13-26(24)32-30)16-22-14-15-27(28(17-22)36-4-2)37-20-21-10-6-5-7-11-21/h5-17H,3-4,18-20H2,1-2H3,(H,34,35)/b23-16+. The quantitative estimate of drug-likeness (QED) is 0.311. The number of pyridine rings is 1. The number of hydrogen-bond acceptors (Lipinski definition) is 5. The third-order valence-corrected chi connectivity index (χ3v) is 6.58. The van der Waals surface area contributed by atoms with Crippen LogP contribution >= 0.6 is 0 Å². The van der Waals surface area contributed by atoms with E-state index < -0.39 is 5.97 Å². The smallest absolute Gasteiger partial charge is 0.336 e. The summed E-state index contributed by atoms with van der Waals surface area (Å²) in [4.78, 5) is 19.5. The average molecular weight is 495 g/mol. The van der Waals surface area contributed by atoms with Crippen LogP contribution in [-0.4, -0.2) is 40.7 Å². The van der Waals surface area contributed by atoms with E-state index in [1.807, 2.05) is 79.7 Å². The van der Waals surface area contributed by atoms with Gasteiger partial charge in [0.25, 0.3) is 0 Å². The first-order valence-electron chi connectivity index (χ1n) is 12.6. The lowest BCUT2D eigenvalue weighted by molar-refractivity contribution is 0.0696. The lowest BCUT2D eigenvalue weighted by Gasteiger charge is -2.30. The van der Waals surface area contributed by atoms with E-state index in [1.165, 1.54) is 0 Å². The number of hydrogen-bond donors (Lipinski definition) is 1. The predicted octanol–water partition coefficient (Wildman–Crippen LogP) is 6.29. The molecule has 0 saturated heterocycles. The maximum atomic E-state index is 12.4. The SMILES string of the molecule is CCOc1cc(/C=C2\CN(CC)Cc3c2nc2ccccc2c3C(=O)O)ccc1OCc1ccccc1. The molecule has 0 saturated carbocycles. The molecule has 0 atom stereocenters. The molecule has 6 nitrogen and oxygen atoms in total. The third-order valence-electron chi connectivity index (χ3n) is 6.58. The minimum atomic E-state index is -0.925. The summed E-state index contributed by atoms with van der Waals surface area (Å²) in [6.07, 6.45) is 2.08. The first kappa shape index (κ1) is 24.5. The molecule has 3 aromatic carbocycles. The molecule has 0 radical (unpaired) electrons. The van der Waals surface area contributed by atoms with Gasteiger partial charge in [-0.3, -0.25) is 4.90 Å². The molecule has 0 spiro atoms. The van der Waals surface area contributed by atoms with Crippen LogP contribution in [0.5, 0.6) is 11.5 Å². The second-order valence-corrected chi connectivity index (χ2v) is 9.02. The van der Waals surface area contributed by atoms with Gasteiger partial charge in [-0.05, 0) is 54.4 Å². The first-order valence-corrected chi connectivity index (χ1v) is 12.6. The minimum Gasteiger partial charge on any atom is -0.490 e. The van der Waals surface area contributed by atoms with Crippen molar-refractivity contribution >= 4 is 28.5 Å². The van der Waals surface area contributed by atoms with E-state index in [2.05, 4.69) is 17.9 Å². The van der Waals surface area contributed by atoms with Crippen molar-refractivity contribution in [3.8, 4) is 11.5 Å². The maximum absolute atomic E-state index is 12.4. The Morgan fingerprint density at radius 3 is 2.51 bits per heavy atom. The van der Waals surface area contributed by atoms with Gasteiger partial charge in [-0.2, -0.15) is 0 Å². The summed E-state index contributed by atoms with van der Waals surface area (Å²) >= 11 is 0. The van der Waals surface area contributed by atoms with Gasteiger partial charge in [-0.15, -0.1) is 0 Å². The fourth-order valence-corrected chi connectivity index (χ4v) is 4.79. The highest BCUT2D eigenvalue weighted by molar-refractivity contribution is 6.06. The maximum Gasteiger partial charge on any atom is 0.336 e. The number of aromatic nitrogens is 1. The van der Waals surface area contributed by atoms with Crippen LogP contribution in [-0.2, 0) is 13.2 Å². The molecule has 5 rings (SSSR count). The van der Waals surface area contributed by atoms with Gasteiger partial charge in [-0.1, -0.05) is 61.5 Å². The second kappa shape index (κ2) is 10.8. The zero-order valence-electron chi connectivity index (χ0n) is 21.1. The molecule has 1 aliphatic heterocycles. The zero-order valence-corrected chi connectivity index (χ0v) is 21.1. The predicted molar refractivity (Wildman–Crippen MR) is 146 cm³/mol. The van der Waals surface area contributed by atoms with Gasteiger partial charge in [-0.25, -0.2) is 9.78 Å². The summed E-state index contributed by atoms with van der Waals surface area (Å²) in [5.41, 5.74) is 5.56. The van der Waals surface area contributed by atoms with E-state index in [0.717, 1.165) is 34.5 Å². The van der Waals surface area contributed by atoms with Crippen LogP contribution < -0.4 is 9.47 Å². The van der Waals surface area contributed by atoms with Gasteiger partial charge in [0.15, 0.2) is 11.5 Å². The number of carbonyl (C=O) groups is 1.